The molecule has 0 saturated heterocycles. The first-order chi connectivity index (χ1) is 8.50. The largest absolute Gasteiger partial charge is 0.324 e. The molecule has 0 spiro atoms. The van der Waals surface area contributed by atoms with Crippen molar-refractivity contribution in [2.45, 2.75) is 29.7 Å². The average Bonchev–Trinajstić information content (AvgIpc) is 2.57. The summed E-state index contributed by atoms with van der Waals surface area (Å²) < 4.78 is 26.2. The molecule has 3 N–H and O–H groups in total. The normalized spacial score (nSPS) is 25.3. The molecule has 1 fully saturated rings. The molecule has 5 nitrogen and oxygen atoms in total. The van der Waals surface area contributed by atoms with Gasteiger partial charge in [0.05, 0.1) is 11.4 Å². The molecule has 0 unspecified atom stereocenters. The van der Waals surface area contributed by atoms with E-state index in [0.29, 0.717) is 22.8 Å². The SMILES string of the molecule is NC1(CN=C2NS(=O)(=O)c3ccccc32)CCC1. The molecule has 96 valence electrons. The number of hydrogen-bond donors (Lipinski definition) is 2. The van der Waals surface area contributed by atoms with E-state index in [1.165, 1.54) is 0 Å². The monoisotopic (exact) mass is 265 g/mol. The summed E-state index contributed by atoms with van der Waals surface area (Å²) in [7, 11) is -3.43. The first-order valence-corrected chi connectivity index (χ1v) is 7.44. The van der Waals surface area contributed by atoms with Crippen LogP contribution in [0.5, 0.6) is 0 Å². The van der Waals surface area contributed by atoms with E-state index in [4.69, 9.17) is 5.73 Å². The molecule has 1 aromatic carbocycles. The van der Waals surface area contributed by atoms with Crippen molar-refractivity contribution in [3.63, 3.8) is 0 Å². The van der Waals surface area contributed by atoms with Crippen molar-refractivity contribution >= 4 is 15.9 Å². The van der Waals surface area contributed by atoms with Crippen molar-refractivity contribution in [1.29, 1.82) is 0 Å². The number of sulfonamides is 1. The predicted molar refractivity (Wildman–Crippen MR) is 68.9 cm³/mol. The average molecular weight is 265 g/mol. The molecule has 0 amide bonds. The van der Waals surface area contributed by atoms with Gasteiger partial charge in [-0.2, -0.15) is 0 Å². The Morgan fingerprint density at radius 2 is 2.06 bits per heavy atom. The van der Waals surface area contributed by atoms with Crippen LogP contribution in [0, 0.1) is 0 Å². The van der Waals surface area contributed by atoms with Gasteiger partial charge in [-0.15, -0.1) is 0 Å². The van der Waals surface area contributed by atoms with Crippen LogP contribution >= 0.6 is 0 Å². The van der Waals surface area contributed by atoms with Crippen molar-refractivity contribution in [1.82, 2.24) is 4.72 Å². The van der Waals surface area contributed by atoms with E-state index < -0.39 is 10.0 Å². The Morgan fingerprint density at radius 1 is 1.33 bits per heavy atom. The Kier molecular flexibility index (Phi) is 2.46. The van der Waals surface area contributed by atoms with E-state index in [0.717, 1.165) is 19.3 Å². The van der Waals surface area contributed by atoms with E-state index in [9.17, 15) is 8.42 Å². The molecule has 1 heterocycles. The number of aliphatic imine (C=N–C) groups is 1. The number of hydrogen-bond acceptors (Lipinski definition) is 4. The van der Waals surface area contributed by atoms with E-state index in [2.05, 4.69) is 9.71 Å². The second-order valence-corrected chi connectivity index (χ2v) is 6.63. The van der Waals surface area contributed by atoms with Gasteiger partial charge in [0.1, 0.15) is 5.84 Å². The van der Waals surface area contributed by atoms with Crippen LogP contribution in [-0.4, -0.2) is 26.3 Å². The lowest BCUT2D eigenvalue weighted by Crippen LogP contribution is -2.49. The van der Waals surface area contributed by atoms with Crippen LogP contribution < -0.4 is 10.5 Å². The van der Waals surface area contributed by atoms with Crippen molar-refractivity contribution < 1.29 is 8.42 Å². The van der Waals surface area contributed by atoms with Crippen molar-refractivity contribution in [2.75, 3.05) is 6.54 Å². The number of amidine groups is 1. The molecule has 0 radical (unpaired) electrons. The van der Waals surface area contributed by atoms with Gasteiger partial charge in [0.2, 0.25) is 0 Å². The third-order valence-electron chi connectivity index (χ3n) is 3.56. The quantitative estimate of drug-likeness (QED) is 0.821. The summed E-state index contributed by atoms with van der Waals surface area (Å²) in [6, 6.07) is 6.85. The molecule has 2 aliphatic rings. The molecule has 1 aromatic rings. The smallest absolute Gasteiger partial charge is 0.263 e. The van der Waals surface area contributed by atoms with Crippen LogP contribution in [0.15, 0.2) is 34.2 Å². The minimum atomic E-state index is -3.43. The zero-order valence-electron chi connectivity index (χ0n) is 9.89. The maximum Gasteiger partial charge on any atom is 0.263 e. The van der Waals surface area contributed by atoms with Crippen LogP contribution in [0.4, 0.5) is 0 Å². The zero-order chi connectivity index (χ0) is 12.8. The fraction of sp³-hybridized carbons (Fsp3) is 0.417. The minimum Gasteiger partial charge on any atom is -0.324 e. The number of nitrogens with one attached hydrogen (secondary N) is 1. The minimum absolute atomic E-state index is 0.240. The lowest BCUT2D eigenvalue weighted by Gasteiger charge is -2.36. The molecule has 1 saturated carbocycles. The second kappa shape index (κ2) is 3.80. The van der Waals surface area contributed by atoms with Crippen LogP contribution in [0.3, 0.4) is 0 Å². The molecular formula is C12H15N3O2S. The Morgan fingerprint density at radius 3 is 2.72 bits per heavy atom. The van der Waals surface area contributed by atoms with Crippen LogP contribution in [0.2, 0.25) is 0 Å². The Hall–Kier alpha value is -1.40. The van der Waals surface area contributed by atoms with Gasteiger partial charge in [-0.25, -0.2) is 8.42 Å². The summed E-state index contributed by atoms with van der Waals surface area (Å²) in [4.78, 5) is 4.65. The first-order valence-electron chi connectivity index (χ1n) is 5.96. The van der Waals surface area contributed by atoms with Gasteiger partial charge in [-0.3, -0.25) is 9.71 Å². The van der Waals surface area contributed by atoms with Crippen LogP contribution in [0.25, 0.3) is 0 Å². The maximum atomic E-state index is 11.8. The first kappa shape index (κ1) is 11.7. The van der Waals surface area contributed by atoms with Crippen LogP contribution in [0.1, 0.15) is 24.8 Å². The van der Waals surface area contributed by atoms with E-state index in [1.54, 1.807) is 24.3 Å². The second-order valence-electron chi connectivity index (χ2n) is 4.98. The fourth-order valence-electron chi connectivity index (χ4n) is 2.28. The molecule has 0 atom stereocenters. The highest BCUT2D eigenvalue weighted by molar-refractivity contribution is 7.90. The van der Waals surface area contributed by atoms with Crippen molar-refractivity contribution in [3.8, 4) is 0 Å². The number of rotatable bonds is 2. The summed E-state index contributed by atoms with van der Waals surface area (Å²) in [5.41, 5.74) is 6.48. The summed E-state index contributed by atoms with van der Waals surface area (Å²) in [6.07, 6.45) is 3.04. The Labute approximate surface area is 106 Å². The van der Waals surface area contributed by atoms with E-state index in [-0.39, 0.29) is 5.54 Å². The van der Waals surface area contributed by atoms with Gasteiger partial charge >= 0.3 is 0 Å². The maximum absolute atomic E-state index is 11.8. The van der Waals surface area contributed by atoms with Gasteiger partial charge in [0.15, 0.2) is 0 Å². The summed E-state index contributed by atoms with van der Waals surface area (Å²) in [6.45, 7) is 0.471. The molecular weight excluding hydrogens is 250 g/mol. The van der Waals surface area contributed by atoms with E-state index >= 15 is 0 Å². The summed E-state index contributed by atoms with van der Waals surface area (Å²) in [5.74, 6) is 0.419. The number of nitrogens with zero attached hydrogens (tertiary/aromatic N) is 1. The van der Waals surface area contributed by atoms with Gasteiger partial charge in [0.25, 0.3) is 10.0 Å². The Balaban J connectivity index is 1.94. The topological polar surface area (TPSA) is 84.5 Å². The van der Waals surface area contributed by atoms with Gasteiger partial charge in [0, 0.05) is 11.1 Å². The molecule has 3 rings (SSSR count). The fourth-order valence-corrected chi connectivity index (χ4v) is 3.53. The lowest BCUT2D eigenvalue weighted by atomic mass is 9.78. The molecule has 0 bridgehead atoms. The van der Waals surface area contributed by atoms with Crippen LogP contribution in [-0.2, 0) is 10.0 Å². The number of benzene rings is 1. The molecule has 6 heteroatoms. The molecule has 18 heavy (non-hydrogen) atoms. The zero-order valence-corrected chi connectivity index (χ0v) is 10.7. The van der Waals surface area contributed by atoms with Gasteiger partial charge in [-0.1, -0.05) is 12.1 Å². The predicted octanol–water partition coefficient (Wildman–Crippen LogP) is 0.607. The third-order valence-corrected chi connectivity index (χ3v) is 4.96. The molecule has 1 aliphatic carbocycles. The van der Waals surface area contributed by atoms with Gasteiger partial charge < -0.3 is 5.73 Å². The standard InChI is InChI=1S/C12H15N3O2S/c13-12(6-3-7-12)8-14-11-9-4-1-2-5-10(9)18(16,17)15-11/h1-2,4-5H,3,6-8,13H2,(H,14,15). The molecule has 0 aromatic heterocycles. The lowest BCUT2D eigenvalue weighted by molar-refractivity contribution is 0.259. The highest BCUT2D eigenvalue weighted by Gasteiger charge is 2.34. The molecule has 1 aliphatic heterocycles. The number of nitrogens with two attached hydrogens (primary N) is 1. The van der Waals surface area contributed by atoms with E-state index in [1.807, 2.05) is 0 Å². The van der Waals surface area contributed by atoms with Gasteiger partial charge in [-0.05, 0) is 31.4 Å². The highest BCUT2D eigenvalue weighted by atomic mass is 32.2. The third kappa shape index (κ3) is 1.81. The van der Waals surface area contributed by atoms with Crippen molar-refractivity contribution in [2.24, 2.45) is 10.7 Å². The summed E-state index contributed by atoms with van der Waals surface area (Å²) >= 11 is 0. The van der Waals surface area contributed by atoms with Crippen molar-refractivity contribution in [3.05, 3.63) is 29.8 Å². The summed E-state index contributed by atoms with van der Waals surface area (Å²) in [5, 5.41) is 0. The number of fused-ring (bicyclic) bond motifs is 1. The highest BCUT2D eigenvalue weighted by Crippen LogP contribution is 2.30. The Bertz CT molecular complexity index is 618.